The number of halogens is 1. The van der Waals surface area contributed by atoms with Crippen molar-refractivity contribution in [3.8, 4) is 0 Å². The van der Waals surface area contributed by atoms with E-state index in [0.29, 0.717) is 5.92 Å². The monoisotopic (exact) mass is 234 g/mol. The molecule has 1 saturated heterocycles. The fourth-order valence-electron chi connectivity index (χ4n) is 1.30. The molecule has 0 amide bonds. The van der Waals surface area contributed by atoms with Gasteiger partial charge in [0.25, 0.3) is 0 Å². The second kappa shape index (κ2) is 4.15. The van der Waals surface area contributed by atoms with Crippen LogP contribution in [0.1, 0.15) is 34.7 Å². The van der Waals surface area contributed by atoms with E-state index in [1.165, 1.54) is 22.9 Å². The molecule has 0 saturated carbocycles. The molecule has 1 fully saturated rings. The van der Waals surface area contributed by atoms with Gasteiger partial charge in [-0.1, -0.05) is 11.3 Å². The Hall–Kier alpha value is 0.200. The van der Waals surface area contributed by atoms with Gasteiger partial charge >= 0.3 is 0 Å². The van der Waals surface area contributed by atoms with Crippen molar-refractivity contribution in [1.29, 1.82) is 0 Å². The minimum Gasteiger partial charge on any atom is -0.161 e. The summed E-state index contributed by atoms with van der Waals surface area (Å²) in [5.74, 6) is 3.09. The predicted octanol–water partition coefficient (Wildman–Crippen LogP) is 3.06. The van der Waals surface area contributed by atoms with Crippen LogP contribution >= 0.6 is 34.7 Å². The van der Waals surface area contributed by atoms with Gasteiger partial charge < -0.3 is 0 Å². The first kappa shape index (κ1) is 9.74. The number of nitrogens with zero attached hydrogens (tertiary/aromatic N) is 2. The largest absolute Gasteiger partial charge is 0.161 e. The molecule has 72 valence electrons. The Labute approximate surface area is 91.1 Å². The van der Waals surface area contributed by atoms with Crippen molar-refractivity contribution in [2.75, 3.05) is 11.5 Å². The van der Waals surface area contributed by atoms with Crippen LogP contribution in [-0.4, -0.2) is 21.7 Å². The Morgan fingerprint density at radius 2 is 2.38 bits per heavy atom. The summed E-state index contributed by atoms with van der Waals surface area (Å²) in [6.07, 6.45) is 1.25. The molecular weight excluding hydrogens is 224 g/mol. The lowest BCUT2D eigenvalue weighted by Crippen LogP contribution is -1.94. The second-order valence-corrected chi connectivity index (χ2v) is 6.00. The Kier molecular flexibility index (Phi) is 3.11. The zero-order valence-electron chi connectivity index (χ0n) is 7.36. The van der Waals surface area contributed by atoms with Gasteiger partial charge in [0.15, 0.2) is 0 Å². The van der Waals surface area contributed by atoms with E-state index in [1.807, 2.05) is 18.7 Å². The fraction of sp³-hybridized carbons (Fsp3) is 0.750. The molecule has 2 unspecified atom stereocenters. The van der Waals surface area contributed by atoms with Crippen LogP contribution < -0.4 is 0 Å². The summed E-state index contributed by atoms with van der Waals surface area (Å²) in [5, 5.41) is 10.4. The van der Waals surface area contributed by atoms with E-state index in [4.69, 9.17) is 11.6 Å². The van der Waals surface area contributed by atoms with Gasteiger partial charge in [0.05, 0.1) is 5.38 Å². The smallest absolute Gasteiger partial charge is 0.135 e. The van der Waals surface area contributed by atoms with Crippen LogP contribution in [0.3, 0.4) is 0 Å². The second-order valence-electron chi connectivity index (χ2n) is 3.16. The molecule has 0 spiro atoms. The summed E-state index contributed by atoms with van der Waals surface area (Å²) in [6.45, 7) is 1.94. The number of alkyl halides is 1. The molecule has 0 radical (unpaired) electrons. The fourth-order valence-corrected chi connectivity index (χ4v) is 3.72. The van der Waals surface area contributed by atoms with Gasteiger partial charge in [-0.2, -0.15) is 11.8 Å². The third-order valence-corrected chi connectivity index (χ3v) is 4.84. The van der Waals surface area contributed by atoms with Gasteiger partial charge in [-0.25, -0.2) is 0 Å². The Morgan fingerprint density at radius 1 is 1.54 bits per heavy atom. The van der Waals surface area contributed by atoms with E-state index in [1.54, 1.807) is 11.3 Å². The van der Waals surface area contributed by atoms with Crippen LogP contribution in [0, 0.1) is 0 Å². The van der Waals surface area contributed by atoms with Crippen LogP contribution in [0.2, 0.25) is 0 Å². The first-order valence-corrected chi connectivity index (χ1v) is 6.73. The molecule has 2 atom stereocenters. The molecule has 13 heavy (non-hydrogen) atoms. The molecule has 1 aromatic heterocycles. The lowest BCUT2D eigenvalue weighted by molar-refractivity contribution is 0.754. The van der Waals surface area contributed by atoms with Crippen molar-refractivity contribution in [3.63, 3.8) is 0 Å². The minimum atomic E-state index is 0.000283. The van der Waals surface area contributed by atoms with Crippen LogP contribution in [0.25, 0.3) is 0 Å². The van der Waals surface area contributed by atoms with Crippen molar-refractivity contribution in [3.05, 3.63) is 10.0 Å². The molecule has 2 nitrogen and oxygen atoms in total. The first-order valence-electron chi connectivity index (χ1n) is 4.32. The Morgan fingerprint density at radius 3 is 2.92 bits per heavy atom. The van der Waals surface area contributed by atoms with Crippen molar-refractivity contribution < 1.29 is 0 Å². The summed E-state index contributed by atoms with van der Waals surface area (Å²) >= 11 is 9.60. The Balaban J connectivity index is 2.12. The highest BCUT2D eigenvalue weighted by Gasteiger charge is 2.22. The summed E-state index contributed by atoms with van der Waals surface area (Å²) < 4.78 is 0. The maximum atomic E-state index is 5.93. The molecule has 0 bridgehead atoms. The summed E-state index contributed by atoms with van der Waals surface area (Å²) in [5.41, 5.74) is 0. The molecule has 2 rings (SSSR count). The third kappa shape index (κ3) is 2.17. The van der Waals surface area contributed by atoms with Crippen LogP contribution in [-0.2, 0) is 0 Å². The van der Waals surface area contributed by atoms with Crippen molar-refractivity contribution in [2.45, 2.75) is 24.6 Å². The molecule has 1 aliphatic heterocycles. The van der Waals surface area contributed by atoms with Crippen LogP contribution in [0.5, 0.6) is 0 Å². The molecular formula is C8H11ClN2S2. The van der Waals surface area contributed by atoms with Gasteiger partial charge in [-0.05, 0) is 19.1 Å². The highest BCUT2D eigenvalue weighted by Crippen LogP contribution is 2.35. The SMILES string of the molecule is CC(Cl)c1nnc(C2CCSC2)s1. The quantitative estimate of drug-likeness (QED) is 0.736. The summed E-state index contributed by atoms with van der Waals surface area (Å²) in [6, 6.07) is 0. The van der Waals surface area contributed by atoms with Gasteiger partial charge in [0, 0.05) is 11.7 Å². The number of aromatic nitrogens is 2. The van der Waals surface area contributed by atoms with E-state index in [2.05, 4.69) is 10.2 Å². The van der Waals surface area contributed by atoms with Crippen molar-refractivity contribution >= 4 is 34.7 Å². The lowest BCUT2D eigenvalue weighted by atomic mass is 10.1. The maximum Gasteiger partial charge on any atom is 0.135 e. The molecule has 1 aromatic rings. The summed E-state index contributed by atoms with van der Waals surface area (Å²) in [4.78, 5) is 0. The standard InChI is InChI=1S/C8H11ClN2S2/c1-5(9)7-10-11-8(13-7)6-2-3-12-4-6/h5-6H,2-4H2,1H3. The minimum absolute atomic E-state index is 0.000283. The van der Waals surface area contributed by atoms with Gasteiger partial charge in [-0.3, -0.25) is 0 Å². The normalized spacial score (nSPS) is 24.9. The van der Waals surface area contributed by atoms with E-state index < -0.39 is 0 Å². The number of rotatable bonds is 2. The van der Waals surface area contributed by atoms with Crippen molar-refractivity contribution in [1.82, 2.24) is 10.2 Å². The first-order chi connectivity index (χ1) is 6.27. The van der Waals surface area contributed by atoms with E-state index >= 15 is 0 Å². The van der Waals surface area contributed by atoms with E-state index in [-0.39, 0.29) is 5.38 Å². The number of hydrogen-bond acceptors (Lipinski definition) is 4. The van der Waals surface area contributed by atoms with Crippen LogP contribution in [0.15, 0.2) is 0 Å². The van der Waals surface area contributed by atoms with E-state index in [0.717, 1.165) is 5.01 Å². The van der Waals surface area contributed by atoms with Gasteiger partial charge in [0.2, 0.25) is 0 Å². The number of thioether (sulfide) groups is 1. The zero-order valence-corrected chi connectivity index (χ0v) is 9.75. The molecule has 1 aliphatic rings. The average molecular weight is 235 g/mol. The highest BCUT2D eigenvalue weighted by atomic mass is 35.5. The molecule has 0 aromatic carbocycles. The number of hydrogen-bond donors (Lipinski definition) is 0. The zero-order chi connectivity index (χ0) is 9.26. The molecule has 5 heteroatoms. The molecule has 0 aliphatic carbocycles. The van der Waals surface area contributed by atoms with Crippen molar-refractivity contribution in [2.24, 2.45) is 0 Å². The average Bonchev–Trinajstić information content (AvgIpc) is 2.75. The molecule has 2 heterocycles. The van der Waals surface area contributed by atoms with Gasteiger partial charge in [-0.15, -0.1) is 21.8 Å². The topological polar surface area (TPSA) is 25.8 Å². The lowest BCUT2D eigenvalue weighted by Gasteiger charge is -2.00. The van der Waals surface area contributed by atoms with Gasteiger partial charge in [0.1, 0.15) is 10.0 Å². The summed E-state index contributed by atoms with van der Waals surface area (Å²) in [7, 11) is 0. The van der Waals surface area contributed by atoms with E-state index in [9.17, 15) is 0 Å². The molecule has 0 N–H and O–H groups in total. The highest BCUT2D eigenvalue weighted by molar-refractivity contribution is 7.99. The Bertz CT molecular complexity index is 281. The third-order valence-electron chi connectivity index (χ3n) is 2.08. The predicted molar refractivity (Wildman–Crippen MR) is 58.9 cm³/mol. The maximum absolute atomic E-state index is 5.93. The van der Waals surface area contributed by atoms with Crippen LogP contribution in [0.4, 0.5) is 0 Å².